The Morgan fingerprint density at radius 2 is 1.70 bits per heavy atom. The van der Waals surface area contributed by atoms with E-state index in [4.69, 9.17) is 72.2 Å². The molecule has 0 spiro atoms. The minimum Gasteiger partial charge on any atom is -0.489 e. The number of hydrogen-bond acceptors (Lipinski definition) is 3. The van der Waals surface area contributed by atoms with Crippen LogP contribution in [0.25, 0.3) is 0 Å². The predicted octanol–water partition coefficient (Wildman–Crippen LogP) is 8.18. The van der Waals surface area contributed by atoms with Gasteiger partial charge in [-0.25, -0.2) is 0 Å². The Morgan fingerprint density at radius 3 is 2.43 bits per heavy atom. The summed E-state index contributed by atoms with van der Waals surface area (Å²) in [7, 11) is 0. The Balaban J connectivity index is 1.39. The predicted molar refractivity (Wildman–Crippen MR) is 125 cm³/mol. The van der Waals surface area contributed by atoms with E-state index in [1.807, 2.05) is 12.1 Å². The van der Waals surface area contributed by atoms with E-state index in [1.165, 1.54) is 0 Å². The van der Waals surface area contributed by atoms with Gasteiger partial charge in [-0.05, 0) is 74.4 Å². The van der Waals surface area contributed by atoms with Crippen molar-refractivity contribution in [2.75, 3.05) is 6.61 Å². The second-order valence-corrected chi connectivity index (χ2v) is 9.35. The number of rotatable bonds is 9. The number of hydrogen-bond donors (Lipinski definition) is 0. The van der Waals surface area contributed by atoms with E-state index in [2.05, 4.69) is 0 Å². The number of halogens is 5. The van der Waals surface area contributed by atoms with Gasteiger partial charge in [0.25, 0.3) is 0 Å². The van der Waals surface area contributed by atoms with Crippen molar-refractivity contribution in [3.63, 3.8) is 0 Å². The zero-order valence-electron chi connectivity index (χ0n) is 16.3. The van der Waals surface area contributed by atoms with Crippen molar-refractivity contribution in [2.45, 2.75) is 56.5 Å². The summed E-state index contributed by atoms with van der Waals surface area (Å²) in [5, 5.41) is 2.36. The zero-order valence-corrected chi connectivity index (χ0v) is 20.0. The second kappa shape index (κ2) is 12.0. The van der Waals surface area contributed by atoms with Crippen molar-refractivity contribution < 1.29 is 14.2 Å². The molecular weight excluding hydrogens is 490 g/mol. The SMILES string of the molecule is Clc1ccc(CCCC(Cl)OC2CCCC(COc3ccc(Cl)cc3Cl)O2)c(Cl)c1. The third kappa shape index (κ3) is 7.63. The van der Waals surface area contributed by atoms with E-state index in [0.29, 0.717) is 38.9 Å². The summed E-state index contributed by atoms with van der Waals surface area (Å²) in [5.74, 6) is 0.587. The van der Waals surface area contributed by atoms with E-state index >= 15 is 0 Å². The highest BCUT2D eigenvalue weighted by molar-refractivity contribution is 6.35. The molecule has 3 atom stereocenters. The van der Waals surface area contributed by atoms with Gasteiger partial charge in [-0.2, -0.15) is 0 Å². The summed E-state index contributed by atoms with van der Waals surface area (Å²) < 4.78 is 17.7. The first-order valence-corrected chi connectivity index (χ1v) is 11.8. The maximum absolute atomic E-state index is 6.38. The van der Waals surface area contributed by atoms with Gasteiger partial charge in [0.05, 0.1) is 11.1 Å². The molecule has 0 saturated carbocycles. The van der Waals surface area contributed by atoms with Crippen molar-refractivity contribution in [1.82, 2.24) is 0 Å². The molecule has 0 aromatic heterocycles. The van der Waals surface area contributed by atoms with Crippen LogP contribution in [0.15, 0.2) is 36.4 Å². The van der Waals surface area contributed by atoms with Crippen LogP contribution < -0.4 is 4.74 Å². The Morgan fingerprint density at radius 1 is 0.967 bits per heavy atom. The summed E-state index contributed by atoms with van der Waals surface area (Å²) in [6.07, 6.45) is 4.63. The molecule has 1 aliphatic heterocycles. The monoisotopic (exact) mass is 510 g/mol. The van der Waals surface area contributed by atoms with Crippen molar-refractivity contribution in [2.24, 2.45) is 0 Å². The maximum Gasteiger partial charge on any atom is 0.160 e. The topological polar surface area (TPSA) is 27.7 Å². The molecule has 3 rings (SSSR count). The Bertz CT molecular complexity index is 832. The Labute approximate surface area is 202 Å². The van der Waals surface area contributed by atoms with Crippen LogP contribution in [0.5, 0.6) is 5.75 Å². The fourth-order valence-corrected chi connectivity index (χ4v) is 4.51. The van der Waals surface area contributed by atoms with Gasteiger partial charge >= 0.3 is 0 Å². The lowest BCUT2D eigenvalue weighted by atomic mass is 10.1. The molecular formula is C22H23Cl5O3. The van der Waals surface area contributed by atoms with Crippen molar-refractivity contribution in [1.29, 1.82) is 0 Å². The molecule has 8 heteroatoms. The highest BCUT2D eigenvalue weighted by Gasteiger charge is 2.25. The minimum absolute atomic E-state index is 0.0766. The fraction of sp³-hybridized carbons (Fsp3) is 0.455. The van der Waals surface area contributed by atoms with Gasteiger partial charge in [-0.15, -0.1) is 0 Å². The van der Waals surface area contributed by atoms with E-state index < -0.39 is 5.56 Å². The highest BCUT2D eigenvalue weighted by Crippen LogP contribution is 2.29. The van der Waals surface area contributed by atoms with Crippen molar-refractivity contribution in [3.8, 4) is 5.75 Å². The van der Waals surface area contributed by atoms with Crippen LogP contribution in [0.1, 0.15) is 37.7 Å². The molecule has 2 aromatic carbocycles. The van der Waals surface area contributed by atoms with Crippen LogP contribution >= 0.6 is 58.0 Å². The van der Waals surface area contributed by atoms with Gasteiger partial charge in [0.1, 0.15) is 17.9 Å². The summed E-state index contributed by atoms with van der Waals surface area (Å²) in [6, 6.07) is 10.7. The lowest BCUT2D eigenvalue weighted by Gasteiger charge is -2.31. The normalized spacial score (nSPS) is 20.2. The largest absolute Gasteiger partial charge is 0.489 e. The lowest BCUT2D eigenvalue weighted by molar-refractivity contribution is -0.207. The molecule has 30 heavy (non-hydrogen) atoms. The minimum atomic E-state index is -0.425. The maximum atomic E-state index is 6.38. The van der Waals surface area contributed by atoms with Crippen LogP contribution in [0.2, 0.25) is 20.1 Å². The molecule has 1 fully saturated rings. The van der Waals surface area contributed by atoms with Gasteiger partial charge in [0.2, 0.25) is 0 Å². The Kier molecular flexibility index (Phi) is 9.71. The highest BCUT2D eigenvalue weighted by atomic mass is 35.5. The van der Waals surface area contributed by atoms with E-state index in [0.717, 1.165) is 37.7 Å². The van der Waals surface area contributed by atoms with Crippen LogP contribution in [0.4, 0.5) is 0 Å². The van der Waals surface area contributed by atoms with E-state index in [1.54, 1.807) is 24.3 Å². The van der Waals surface area contributed by atoms with Crippen LogP contribution in [0, 0.1) is 0 Å². The molecule has 164 valence electrons. The fourth-order valence-electron chi connectivity index (χ4n) is 3.27. The summed E-state index contributed by atoms with van der Waals surface area (Å²) in [4.78, 5) is 0. The van der Waals surface area contributed by atoms with E-state index in [9.17, 15) is 0 Å². The number of ether oxygens (including phenoxy) is 3. The van der Waals surface area contributed by atoms with Crippen LogP contribution in [-0.4, -0.2) is 24.6 Å². The average Bonchev–Trinajstić information content (AvgIpc) is 2.69. The first kappa shape index (κ1) is 24.3. The second-order valence-electron chi connectivity index (χ2n) is 7.18. The third-order valence-corrected chi connectivity index (χ3v) is 6.26. The van der Waals surface area contributed by atoms with Gasteiger partial charge in [-0.3, -0.25) is 0 Å². The van der Waals surface area contributed by atoms with Gasteiger partial charge < -0.3 is 14.2 Å². The summed E-state index contributed by atoms with van der Waals surface area (Å²) in [5.41, 5.74) is 0.628. The molecule has 0 aliphatic carbocycles. The molecule has 2 aromatic rings. The lowest BCUT2D eigenvalue weighted by Crippen LogP contribution is -2.35. The van der Waals surface area contributed by atoms with Gasteiger partial charge in [0.15, 0.2) is 6.29 Å². The Hall–Kier alpha value is -0.390. The zero-order chi connectivity index (χ0) is 21.5. The van der Waals surface area contributed by atoms with Crippen LogP contribution in [-0.2, 0) is 15.9 Å². The van der Waals surface area contributed by atoms with E-state index in [-0.39, 0.29) is 12.4 Å². The van der Waals surface area contributed by atoms with Gasteiger partial charge in [-0.1, -0.05) is 64.1 Å². The summed E-state index contributed by atoms with van der Waals surface area (Å²) in [6.45, 7) is 0.392. The molecule has 3 nitrogen and oxygen atoms in total. The molecule has 0 N–H and O–H groups in total. The third-order valence-electron chi connectivity index (χ3n) is 4.82. The standard InChI is InChI=1S/C22H23Cl5O3/c23-15-8-7-14(18(25)11-15)3-1-5-21(27)30-22-6-2-4-17(29-22)13-28-20-10-9-16(24)12-19(20)26/h7-12,17,21-22H,1-6,13H2. The van der Waals surface area contributed by atoms with Crippen molar-refractivity contribution in [3.05, 3.63) is 62.1 Å². The number of aryl methyl sites for hydroxylation is 1. The smallest absolute Gasteiger partial charge is 0.160 e. The number of alkyl halides is 1. The first-order valence-electron chi connectivity index (χ1n) is 9.87. The molecule has 1 saturated heterocycles. The average molecular weight is 513 g/mol. The molecule has 0 bridgehead atoms. The molecule has 1 aliphatic rings. The first-order chi connectivity index (χ1) is 14.4. The molecule has 1 heterocycles. The van der Waals surface area contributed by atoms with Crippen LogP contribution in [0.3, 0.4) is 0 Å². The number of benzene rings is 2. The molecule has 0 radical (unpaired) electrons. The van der Waals surface area contributed by atoms with Gasteiger partial charge in [0, 0.05) is 15.1 Å². The molecule has 0 amide bonds. The van der Waals surface area contributed by atoms with Crippen molar-refractivity contribution >= 4 is 58.0 Å². The molecule has 3 unspecified atom stereocenters. The summed E-state index contributed by atoms with van der Waals surface area (Å²) >= 11 is 30.6. The quantitative estimate of drug-likeness (QED) is 0.317.